The van der Waals surface area contributed by atoms with Gasteiger partial charge in [-0.3, -0.25) is 5.32 Å². The molecule has 2 amide bonds. The van der Waals surface area contributed by atoms with Crippen LogP contribution < -0.4 is 10.6 Å². The van der Waals surface area contributed by atoms with Gasteiger partial charge in [-0.15, -0.1) is 0 Å². The van der Waals surface area contributed by atoms with Crippen molar-refractivity contribution in [2.24, 2.45) is 17.8 Å². The molecule has 0 atom stereocenters. The number of likely N-dealkylation sites (tertiary alicyclic amines) is 1. The highest BCUT2D eigenvalue weighted by Gasteiger charge is 2.51. The molecule has 1 saturated heterocycles. The number of hydrogen-bond donors (Lipinski definition) is 2. The van der Waals surface area contributed by atoms with Crippen molar-refractivity contribution < 1.29 is 4.79 Å². The number of carbonyl (C=O) groups is 1. The summed E-state index contributed by atoms with van der Waals surface area (Å²) in [4.78, 5) is 24.3. The van der Waals surface area contributed by atoms with Gasteiger partial charge in [-0.25, -0.2) is 19.4 Å². The number of rotatable bonds is 5. The monoisotopic (exact) mass is 423 g/mol. The van der Waals surface area contributed by atoms with E-state index in [-0.39, 0.29) is 11.6 Å². The largest absolute Gasteiger partial charge is 0.332 e. The molecule has 4 bridgehead atoms. The van der Waals surface area contributed by atoms with E-state index >= 15 is 0 Å². The minimum atomic E-state index is -0.136. The van der Waals surface area contributed by atoms with Crippen molar-refractivity contribution in [3.05, 3.63) is 12.5 Å². The number of urea groups is 1. The Morgan fingerprint density at radius 2 is 1.71 bits per heavy atom. The topological polar surface area (TPSA) is 88.0 Å². The summed E-state index contributed by atoms with van der Waals surface area (Å²) >= 11 is 0. The smallest absolute Gasteiger partial charge is 0.320 e. The molecule has 4 saturated carbocycles. The van der Waals surface area contributed by atoms with Gasteiger partial charge in [0.25, 0.3) is 0 Å². The molecular formula is C23H33N7O. The maximum absolute atomic E-state index is 13.0. The zero-order valence-electron chi connectivity index (χ0n) is 18.2. The first kappa shape index (κ1) is 19.5. The van der Waals surface area contributed by atoms with Crippen molar-refractivity contribution in [2.75, 3.05) is 25.0 Å². The molecule has 5 aliphatic rings. The molecule has 1 aliphatic heterocycles. The number of hydrogen-bond acceptors (Lipinski definition) is 5. The van der Waals surface area contributed by atoms with Gasteiger partial charge in [0.1, 0.15) is 12.1 Å². The Bertz CT molecular complexity index is 929. The van der Waals surface area contributed by atoms with Gasteiger partial charge >= 0.3 is 6.03 Å². The minimum absolute atomic E-state index is 0.0103. The third-order valence-electron chi connectivity index (χ3n) is 8.16. The lowest BCUT2D eigenvalue weighted by Gasteiger charge is -2.56. The first-order chi connectivity index (χ1) is 15.2. The molecule has 31 heavy (non-hydrogen) atoms. The summed E-state index contributed by atoms with van der Waals surface area (Å²) in [6, 6.07) is -0.136. The molecule has 3 heterocycles. The SMILES string of the molecule is O=C(Nc1ncnc2c1cnn2CCN1CCCCC1)NC12CC3CC(CC(C3)C1)C2. The summed E-state index contributed by atoms with van der Waals surface area (Å²) < 4.78 is 1.94. The summed E-state index contributed by atoms with van der Waals surface area (Å²) in [6.07, 6.45) is 14.7. The lowest BCUT2D eigenvalue weighted by atomic mass is 9.53. The third-order valence-corrected chi connectivity index (χ3v) is 8.16. The Hall–Kier alpha value is -2.22. The normalized spacial score (nSPS) is 32.5. The fourth-order valence-corrected chi connectivity index (χ4v) is 7.22. The second kappa shape index (κ2) is 7.73. The molecule has 0 spiro atoms. The Balaban J connectivity index is 1.14. The molecule has 4 aliphatic carbocycles. The zero-order valence-corrected chi connectivity index (χ0v) is 18.2. The molecule has 2 N–H and O–H groups in total. The number of nitrogens with one attached hydrogen (secondary N) is 2. The van der Waals surface area contributed by atoms with Crippen molar-refractivity contribution in [2.45, 2.75) is 69.9 Å². The first-order valence-corrected chi connectivity index (χ1v) is 12.1. The van der Waals surface area contributed by atoms with E-state index in [2.05, 4.69) is 30.6 Å². The summed E-state index contributed by atoms with van der Waals surface area (Å²) in [5.74, 6) is 2.96. The summed E-state index contributed by atoms with van der Waals surface area (Å²) in [5, 5.41) is 11.7. The van der Waals surface area contributed by atoms with E-state index in [0.717, 1.165) is 61.1 Å². The lowest BCUT2D eigenvalue weighted by molar-refractivity contribution is -0.0127. The number of carbonyl (C=O) groups excluding carboxylic acids is 1. The molecule has 7 rings (SSSR count). The number of amides is 2. The van der Waals surface area contributed by atoms with Crippen molar-refractivity contribution >= 4 is 22.9 Å². The molecule has 0 unspecified atom stereocenters. The molecule has 2 aromatic heterocycles. The Morgan fingerprint density at radius 3 is 2.42 bits per heavy atom. The van der Waals surface area contributed by atoms with E-state index in [4.69, 9.17) is 0 Å². The van der Waals surface area contributed by atoms with Gasteiger partial charge in [0.15, 0.2) is 5.65 Å². The number of nitrogens with zero attached hydrogens (tertiary/aromatic N) is 5. The average molecular weight is 424 g/mol. The van der Waals surface area contributed by atoms with Gasteiger partial charge in [0.05, 0.1) is 18.1 Å². The van der Waals surface area contributed by atoms with E-state index < -0.39 is 0 Å². The van der Waals surface area contributed by atoms with Gasteiger partial charge < -0.3 is 10.2 Å². The second-order valence-electron chi connectivity index (χ2n) is 10.5. The average Bonchev–Trinajstić information content (AvgIpc) is 3.16. The van der Waals surface area contributed by atoms with Gasteiger partial charge in [-0.05, 0) is 82.2 Å². The Morgan fingerprint density at radius 1 is 1.00 bits per heavy atom. The van der Waals surface area contributed by atoms with Gasteiger partial charge in [0, 0.05) is 12.1 Å². The standard InChI is InChI=1S/C23H33N7O/c31-22(28-23-11-16-8-17(12-23)10-18(9-16)13-23)27-20-19-14-26-30(21(19)25-15-24-20)7-6-29-4-2-1-3-5-29/h14-18H,1-13H2,(H2,24,25,27,28,31). The van der Waals surface area contributed by atoms with Crippen LogP contribution >= 0.6 is 0 Å². The molecule has 0 aromatic carbocycles. The van der Waals surface area contributed by atoms with Gasteiger partial charge in [0.2, 0.25) is 0 Å². The maximum Gasteiger partial charge on any atom is 0.320 e. The molecule has 8 nitrogen and oxygen atoms in total. The molecule has 166 valence electrons. The summed E-state index contributed by atoms with van der Waals surface area (Å²) in [5.41, 5.74) is 0.779. The number of fused-ring (bicyclic) bond motifs is 1. The van der Waals surface area contributed by atoms with Crippen LogP contribution in [0.25, 0.3) is 11.0 Å². The molecule has 0 radical (unpaired) electrons. The highest BCUT2D eigenvalue weighted by molar-refractivity contribution is 5.97. The van der Waals surface area contributed by atoms with Crippen molar-refractivity contribution in [3.8, 4) is 0 Å². The van der Waals surface area contributed by atoms with Crippen LogP contribution in [0.4, 0.5) is 10.6 Å². The number of aromatic nitrogens is 4. The highest BCUT2D eigenvalue weighted by atomic mass is 16.2. The van der Waals surface area contributed by atoms with E-state index in [1.165, 1.54) is 57.9 Å². The molecule has 5 fully saturated rings. The molecule has 2 aromatic rings. The Labute approximate surface area is 183 Å². The van der Waals surface area contributed by atoms with Crippen LogP contribution in [0.2, 0.25) is 0 Å². The van der Waals surface area contributed by atoms with E-state index in [1.807, 2.05) is 4.68 Å². The van der Waals surface area contributed by atoms with Crippen molar-refractivity contribution in [1.29, 1.82) is 0 Å². The fourth-order valence-electron chi connectivity index (χ4n) is 7.22. The van der Waals surface area contributed by atoms with Gasteiger partial charge in [-0.2, -0.15) is 5.10 Å². The van der Waals surface area contributed by atoms with Crippen LogP contribution in [0.3, 0.4) is 0 Å². The van der Waals surface area contributed by atoms with Gasteiger partial charge in [-0.1, -0.05) is 6.42 Å². The quantitative estimate of drug-likeness (QED) is 0.770. The van der Waals surface area contributed by atoms with Crippen LogP contribution in [-0.4, -0.2) is 55.9 Å². The summed E-state index contributed by atoms with van der Waals surface area (Å²) in [7, 11) is 0. The molecular weight excluding hydrogens is 390 g/mol. The fraction of sp³-hybridized carbons (Fsp3) is 0.739. The number of piperidine rings is 1. The third kappa shape index (κ3) is 3.79. The van der Waals surface area contributed by atoms with Crippen molar-refractivity contribution in [3.63, 3.8) is 0 Å². The molecule has 8 heteroatoms. The predicted octanol–water partition coefficient (Wildman–Crippen LogP) is 3.40. The maximum atomic E-state index is 13.0. The lowest BCUT2D eigenvalue weighted by Crippen LogP contribution is -2.60. The zero-order chi connectivity index (χ0) is 20.8. The summed E-state index contributed by atoms with van der Waals surface area (Å²) in [6.45, 7) is 4.13. The van der Waals surface area contributed by atoms with E-state index in [0.29, 0.717) is 5.82 Å². The Kier molecular flexibility index (Phi) is 4.85. The predicted molar refractivity (Wildman–Crippen MR) is 119 cm³/mol. The van der Waals surface area contributed by atoms with E-state index in [1.54, 1.807) is 6.20 Å². The van der Waals surface area contributed by atoms with Crippen LogP contribution in [-0.2, 0) is 6.54 Å². The highest BCUT2D eigenvalue weighted by Crippen LogP contribution is 2.55. The van der Waals surface area contributed by atoms with Crippen LogP contribution in [0.1, 0.15) is 57.8 Å². The van der Waals surface area contributed by atoms with Crippen molar-refractivity contribution in [1.82, 2.24) is 30.0 Å². The minimum Gasteiger partial charge on any atom is -0.332 e. The number of anilines is 1. The second-order valence-corrected chi connectivity index (χ2v) is 10.5. The first-order valence-electron chi connectivity index (χ1n) is 12.1. The van der Waals surface area contributed by atoms with Crippen LogP contribution in [0.15, 0.2) is 12.5 Å². The van der Waals surface area contributed by atoms with Crippen LogP contribution in [0.5, 0.6) is 0 Å². The van der Waals surface area contributed by atoms with Crippen LogP contribution in [0, 0.1) is 17.8 Å². The van der Waals surface area contributed by atoms with E-state index in [9.17, 15) is 4.79 Å².